The summed E-state index contributed by atoms with van der Waals surface area (Å²) in [4.78, 5) is 23.9. The van der Waals surface area contributed by atoms with Gasteiger partial charge in [0.1, 0.15) is 31.1 Å². The number of carbonyl (C=O) groups is 2. The molecule has 11 heteroatoms. The molecule has 2 fully saturated rings. The number of nitrogens with one attached hydrogen (secondary N) is 1. The van der Waals surface area contributed by atoms with E-state index in [-0.39, 0.29) is 42.5 Å². The molecular formula is C30H34ClFN2O6S. The fourth-order valence-electron chi connectivity index (χ4n) is 4.55. The molecule has 5 rings (SSSR count). The van der Waals surface area contributed by atoms with Crippen LogP contribution in [0.4, 0.5) is 4.39 Å². The summed E-state index contributed by atoms with van der Waals surface area (Å²) < 4.78 is 50.1. The van der Waals surface area contributed by atoms with Gasteiger partial charge in [0.25, 0.3) is 0 Å². The first-order valence-corrected chi connectivity index (χ1v) is 14.7. The molecule has 2 aliphatic heterocycles. The quantitative estimate of drug-likeness (QED) is 0.374. The van der Waals surface area contributed by atoms with Gasteiger partial charge in [-0.2, -0.15) is 4.31 Å². The summed E-state index contributed by atoms with van der Waals surface area (Å²) in [5.74, 6) is -1.21. The Bertz CT molecular complexity index is 1350. The zero-order valence-electron chi connectivity index (χ0n) is 22.5. The minimum Gasteiger partial charge on any atom is -0.460 e. The number of ether oxygens (including phenoxy) is 2. The lowest BCUT2D eigenvalue weighted by Crippen LogP contribution is -2.41. The van der Waals surface area contributed by atoms with Crippen molar-refractivity contribution in [1.82, 2.24) is 9.62 Å². The molecule has 0 unspecified atom stereocenters. The van der Waals surface area contributed by atoms with Crippen LogP contribution in [0.5, 0.6) is 0 Å². The van der Waals surface area contributed by atoms with Crippen molar-refractivity contribution in [2.75, 3.05) is 13.1 Å². The van der Waals surface area contributed by atoms with E-state index in [2.05, 4.69) is 5.32 Å². The Kier molecular flexibility index (Phi) is 12.3. The molecule has 0 amide bonds. The third-order valence-corrected chi connectivity index (χ3v) is 8.61. The van der Waals surface area contributed by atoms with E-state index in [1.165, 1.54) is 12.1 Å². The molecule has 0 bridgehead atoms. The Hall–Kier alpha value is -3.31. The predicted molar refractivity (Wildman–Crippen MR) is 154 cm³/mol. The van der Waals surface area contributed by atoms with Crippen LogP contribution in [0.15, 0.2) is 89.8 Å². The number of benzene rings is 3. The molecule has 8 nitrogen and oxygen atoms in total. The van der Waals surface area contributed by atoms with Crippen molar-refractivity contribution < 1.29 is 31.9 Å². The number of sulfonamides is 1. The number of halogens is 2. The fourth-order valence-corrected chi connectivity index (χ4v) is 6.19. The summed E-state index contributed by atoms with van der Waals surface area (Å²) in [5.41, 5.74) is 1.87. The summed E-state index contributed by atoms with van der Waals surface area (Å²) in [6.45, 7) is 1.63. The lowest BCUT2D eigenvalue weighted by Gasteiger charge is -2.22. The molecule has 220 valence electrons. The Morgan fingerprint density at radius 2 is 1.37 bits per heavy atom. The standard InChI is InChI=1S/C18H18FNO4S.C12H15NO2.ClH/c19-15-8-10-16(11-9-15)25(22,23)20-12-4-7-17(20)18(21)24-13-14-5-2-1-3-6-14;14-12(11-7-4-8-13-11)15-9-10-5-2-1-3-6-10;/h1-3,5-6,8-11,17H,4,7,12-13H2;1-3,5-6,11,13H,4,7-9H2;1H/t17-;11-;/m00./s1. The summed E-state index contributed by atoms with van der Waals surface area (Å²) in [6.07, 6.45) is 2.94. The first-order chi connectivity index (χ1) is 19.3. The second kappa shape index (κ2) is 15.6. The van der Waals surface area contributed by atoms with Crippen LogP contribution in [-0.4, -0.2) is 49.8 Å². The molecule has 41 heavy (non-hydrogen) atoms. The zero-order chi connectivity index (χ0) is 28.4. The van der Waals surface area contributed by atoms with Gasteiger partial charge >= 0.3 is 11.9 Å². The van der Waals surface area contributed by atoms with Gasteiger partial charge in [0, 0.05) is 6.54 Å². The Balaban J connectivity index is 0.000000248. The van der Waals surface area contributed by atoms with Gasteiger partial charge in [0.15, 0.2) is 0 Å². The third kappa shape index (κ3) is 9.09. The van der Waals surface area contributed by atoms with E-state index in [0.29, 0.717) is 19.4 Å². The van der Waals surface area contributed by atoms with Crippen LogP contribution >= 0.6 is 12.4 Å². The maximum Gasteiger partial charge on any atom is 0.324 e. The first-order valence-electron chi connectivity index (χ1n) is 13.3. The molecule has 3 aromatic carbocycles. The van der Waals surface area contributed by atoms with Crippen molar-refractivity contribution in [2.24, 2.45) is 0 Å². The molecule has 0 aliphatic carbocycles. The summed E-state index contributed by atoms with van der Waals surface area (Å²) in [6, 6.07) is 22.6. The first kappa shape index (κ1) is 32.2. The van der Waals surface area contributed by atoms with Crippen molar-refractivity contribution in [3.63, 3.8) is 0 Å². The number of nitrogens with zero attached hydrogens (tertiary/aromatic N) is 1. The molecule has 0 aromatic heterocycles. The highest BCUT2D eigenvalue weighted by atomic mass is 35.5. The molecule has 2 atom stereocenters. The predicted octanol–water partition coefficient (Wildman–Crippen LogP) is 4.63. The second-order valence-corrected chi connectivity index (χ2v) is 11.5. The number of esters is 2. The molecular weight excluding hydrogens is 571 g/mol. The van der Waals surface area contributed by atoms with E-state index in [0.717, 1.165) is 47.0 Å². The number of carbonyl (C=O) groups excluding carboxylic acids is 2. The maximum absolute atomic E-state index is 13.0. The van der Waals surface area contributed by atoms with E-state index < -0.39 is 27.9 Å². The van der Waals surface area contributed by atoms with Gasteiger partial charge in [-0.3, -0.25) is 9.59 Å². The van der Waals surface area contributed by atoms with Crippen molar-refractivity contribution in [3.8, 4) is 0 Å². The van der Waals surface area contributed by atoms with Crippen LogP contribution < -0.4 is 5.32 Å². The fraction of sp³-hybridized carbons (Fsp3) is 0.333. The average molecular weight is 605 g/mol. The van der Waals surface area contributed by atoms with E-state index >= 15 is 0 Å². The lowest BCUT2D eigenvalue weighted by molar-refractivity contribution is -0.149. The van der Waals surface area contributed by atoms with E-state index in [4.69, 9.17) is 9.47 Å². The highest BCUT2D eigenvalue weighted by Crippen LogP contribution is 2.27. The maximum atomic E-state index is 13.0. The Morgan fingerprint density at radius 1 is 0.805 bits per heavy atom. The van der Waals surface area contributed by atoms with Crippen molar-refractivity contribution in [1.29, 1.82) is 0 Å². The normalized spacial score (nSPS) is 18.5. The SMILES string of the molecule is Cl.O=C(OCc1ccccc1)[C@@H]1CCCN1.O=C(OCc1ccccc1)[C@@H]1CCCN1S(=O)(=O)c1ccc(F)cc1. The van der Waals surface area contributed by atoms with Gasteiger partial charge in [-0.15, -0.1) is 12.4 Å². The van der Waals surface area contributed by atoms with E-state index in [9.17, 15) is 22.4 Å². The summed E-state index contributed by atoms with van der Waals surface area (Å²) >= 11 is 0. The Morgan fingerprint density at radius 3 is 1.90 bits per heavy atom. The molecule has 0 spiro atoms. The van der Waals surface area contributed by atoms with E-state index in [1.54, 1.807) is 0 Å². The molecule has 2 saturated heterocycles. The van der Waals surface area contributed by atoms with Gasteiger partial charge in [-0.05, 0) is 67.6 Å². The molecule has 2 heterocycles. The van der Waals surface area contributed by atoms with Crippen LogP contribution in [-0.2, 0) is 42.3 Å². The van der Waals surface area contributed by atoms with Gasteiger partial charge in [-0.1, -0.05) is 60.7 Å². The van der Waals surface area contributed by atoms with Crippen molar-refractivity contribution in [2.45, 2.75) is 55.9 Å². The summed E-state index contributed by atoms with van der Waals surface area (Å²) in [7, 11) is -3.87. The van der Waals surface area contributed by atoms with Crippen LogP contribution in [0, 0.1) is 5.82 Å². The zero-order valence-corrected chi connectivity index (χ0v) is 24.1. The molecule has 3 aromatic rings. The molecule has 0 saturated carbocycles. The van der Waals surface area contributed by atoms with Gasteiger partial charge in [0.05, 0.1) is 4.90 Å². The van der Waals surface area contributed by atoms with Gasteiger partial charge in [0.2, 0.25) is 10.0 Å². The minimum absolute atomic E-state index is 0. The second-order valence-electron chi connectivity index (χ2n) is 9.56. The molecule has 0 radical (unpaired) electrons. The highest BCUT2D eigenvalue weighted by Gasteiger charge is 2.40. The van der Waals surface area contributed by atoms with Gasteiger partial charge in [-0.25, -0.2) is 12.8 Å². The Labute approximate surface area is 246 Å². The topological polar surface area (TPSA) is 102 Å². The highest BCUT2D eigenvalue weighted by molar-refractivity contribution is 7.89. The van der Waals surface area contributed by atoms with Crippen LogP contribution in [0.2, 0.25) is 0 Å². The third-order valence-electron chi connectivity index (χ3n) is 6.69. The van der Waals surface area contributed by atoms with Crippen LogP contribution in [0.1, 0.15) is 36.8 Å². The number of hydrogen-bond donors (Lipinski definition) is 1. The lowest BCUT2D eigenvalue weighted by atomic mass is 10.2. The van der Waals surface area contributed by atoms with Gasteiger partial charge < -0.3 is 14.8 Å². The molecule has 2 aliphatic rings. The van der Waals surface area contributed by atoms with E-state index in [1.807, 2.05) is 60.7 Å². The smallest absolute Gasteiger partial charge is 0.324 e. The van der Waals surface area contributed by atoms with Crippen LogP contribution in [0.25, 0.3) is 0 Å². The largest absolute Gasteiger partial charge is 0.460 e. The average Bonchev–Trinajstić information content (AvgIpc) is 3.70. The van der Waals surface area contributed by atoms with Crippen LogP contribution in [0.3, 0.4) is 0 Å². The number of rotatable bonds is 8. The minimum atomic E-state index is -3.87. The van der Waals surface area contributed by atoms with Crippen molar-refractivity contribution >= 4 is 34.4 Å². The van der Waals surface area contributed by atoms with Crippen molar-refractivity contribution in [3.05, 3.63) is 102 Å². The summed E-state index contributed by atoms with van der Waals surface area (Å²) in [5, 5.41) is 3.12. The molecule has 1 N–H and O–H groups in total. The monoisotopic (exact) mass is 604 g/mol. The number of hydrogen-bond acceptors (Lipinski definition) is 7.